The first kappa shape index (κ1) is 30.8. The van der Waals surface area contributed by atoms with Gasteiger partial charge in [-0.2, -0.15) is 0 Å². The largest absolute Gasteiger partial charge is 0.497 e. The third kappa shape index (κ3) is 6.45. The van der Waals surface area contributed by atoms with Gasteiger partial charge in [0.2, 0.25) is 5.91 Å². The van der Waals surface area contributed by atoms with Gasteiger partial charge in [0, 0.05) is 69.9 Å². The maximum atomic E-state index is 14.5. The molecule has 0 aromatic heterocycles. The molecular formula is C35H46FN3O5. The number of likely N-dealkylation sites (tertiary alicyclic amines) is 2. The van der Waals surface area contributed by atoms with E-state index in [4.69, 9.17) is 9.47 Å². The average Bonchev–Trinajstić information content (AvgIpc) is 3.73. The maximum Gasteiger partial charge on any atom is 0.306 e. The van der Waals surface area contributed by atoms with Crippen molar-refractivity contribution in [2.75, 3.05) is 58.4 Å². The molecule has 3 saturated heterocycles. The van der Waals surface area contributed by atoms with E-state index in [1.807, 2.05) is 23.1 Å². The van der Waals surface area contributed by atoms with Crippen molar-refractivity contribution in [2.45, 2.75) is 68.9 Å². The van der Waals surface area contributed by atoms with Crippen LogP contribution in [0.25, 0.3) is 0 Å². The van der Waals surface area contributed by atoms with Gasteiger partial charge in [-0.25, -0.2) is 4.39 Å². The van der Waals surface area contributed by atoms with Crippen LogP contribution in [0.4, 0.5) is 10.1 Å². The van der Waals surface area contributed by atoms with Crippen molar-refractivity contribution in [3.63, 3.8) is 0 Å². The van der Waals surface area contributed by atoms with Gasteiger partial charge in [-0.1, -0.05) is 18.2 Å². The number of carbonyl (C=O) groups excluding carboxylic acids is 1. The minimum absolute atomic E-state index is 0.115. The summed E-state index contributed by atoms with van der Waals surface area (Å²) < 4.78 is 25.5. The molecule has 0 spiro atoms. The Hall–Kier alpha value is -3.17. The van der Waals surface area contributed by atoms with E-state index in [0.29, 0.717) is 51.2 Å². The summed E-state index contributed by atoms with van der Waals surface area (Å²) in [5.41, 5.74) is 3.09. The topological polar surface area (TPSA) is 82.6 Å². The molecule has 0 bridgehead atoms. The molecule has 8 nitrogen and oxygen atoms in total. The van der Waals surface area contributed by atoms with Gasteiger partial charge in [-0.3, -0.25) is 14.5 Å². The SMILES string of the molecule is COc1ccc([C@@H]2CN(C3CCC(OC)CC3)C[C@H]2C(=O)N2CC[C@@H](c3ccc(F)cc3N3CCC(C(=O)O)CC3)C2)cc1. The Morgan fingerprint density at radius 1 is 0.864 bits per heavy atom. The minimum atomic E-state index is -0.754. The lowest BCUT2D eigenvalue weighted by Crippen LogP contribution is -2.40. The van der Waals surface area contributed by atoms with E-state index >= 15 is 0 Å². The zero-order valence-corrected chi connectivity index (χ0v) is 26.0. The van der Waals surface area contributed by atoms with E-state index in [1.54, 1.807) is 20.3 Å². The number of ether oxygens (including phenoxy) is 2. The molecule has 2 aromatic rings. The van der Waals surface area contributed by atoms with Gasteiger partial charge in [0.1, 0.15) is 11.6 Å². The van der Waals surface area contributed by atoms with Gasteiger partial charge in [-0.05, 0) is 80.3 Å². The van der Waals surface area contributed by atoms with Crippen LogP contribution in [-0.2, 0) is 14.3 Å². The molecule has 3 aliphatic heterocycles. The number of halogens is 1. The maximum absolute atomic E-state index is 14.5. The fraction of sp³-hybridized carbons (Fsp3) is 0.600. The number of methoxy groups -OCH3 is 2. The second kappa shape index (κ2) is 13.4. The molecule has 1 saturated carbocycles. The molecule has 0 radical (unpaired) electrons. The van der Waals surface area contributed by atoms with Crippen molar-refractivity contribution in [3.8, 4) is 5.75 Å². The van der Waals surface area contributed by atoms with E-state index in [9.17, 15) is 19.1 Å². The Morgan fingerprint density at radius 2 is 1.59 bits per heavy atom. The Balaban J connectivity index is 1.18. The second-order valence-electron chi connectivity index (χ2n) is 13.2. The lowest BCUT2D eigenvalue weighted by atomic mass is 9.88. The molecule has 3 heterocycles. The Kier molecular flexibility index (Phi) is 9.42. The third-order valence-electron chi connectivity index (χ3n) is 10.8. The Morgan fingerprint density at radius 3 is 2.25 bits per heavy atom. The van der Waals surface area contributed by atoms with Crippen molar-refractivity contribution in [3.05, 3.63) is 59.4 Å². The van der Waals surface area contributed by atoms with Crippen LogP contribution >= 0.6 is 0 Å². The molecule has 6 rings (SSSR count). The minimum Gasteiger partial charge on any atom is -0.497 e. The van der Waals surface area contributed by atoms with E-state index in [0.717, 1.165) is 62.2 Å². The first-order valence-electron chi connectivity index (χ1n) is 16.3. The number of carboxylic acid groups (broad SMARTS) is 1. The molecule has 1 amide bonds. The lowest BCUT2D eigenvalue weighted by molar-refractivity contribution is -0.142. The number of rotatable bonds is 8. The second-order valence-corrected chi connectivity index (χ2v) is 13.2. The summed E-state index contributed by atoms with van der Waals surface area (Å²) in [4.78, 5) is 32.5. The van der Waals surface area contributed by atoms with Crippen LogP contribution in [0.1, 0.15) is 67.9 Å². The predicted molar refractivity (Wildman–Crippen MR) is 167 cm³/mol. The highest BCUT2D eigenvalue weighted by Gasteiger charge is 2.44. The van der Waals surface area contributed by atoms with Gasteiger partial charge in [0.25, 0.3) is 0 Å². The smallest absolute Gasteiger partial charge is 0.306 e. The van der Waals surface area contributed by atoms with Crippen molar-refractivity contribution in [2.24, 2.45) is 11.8 Å². The van der Waals surface area contributed by atoms with Crippen molar-refractivity contribution < 1.29 is 28.6 Å². The van der Waals surface area contributed by atoms with Crippen LogP contribution in [0, 0.1) is 17.7 Å². The average molecular weight is 608 g/mol. The van der Waals surface area contributed by atoms with Crippen LogP contribution in [-0.4, -0.2) is 92.4 Å². The number of anilines is 1. The highest BCUT2D eigenvalue weighted by atomic mass is 19.1. The van der Waals surface area contributed by atoms with Gasteiger partial charge in [0.15, 0.2) is 0 Å². The summed E-state index contributed by atoms with van der Waals surface area (Å²) in [5.74, 6) is -0.246. The molecule has 1 aliphatic carbocycles. The standard InChI is InChI=1S/C35H46FN3O5/c1-43-28-8-3-23(4-9-28)31-21-39(27-6-10-29(44-2)11-7-27)22-32(31)34(40)38-18-15-25(20-38)30-12-5-26(36)19-33(30)37-16-13-24(14-17-37)35(41)42/h3-5,8-9,12,19,24-25,27,29,31-32H,6-7,10-11,13-18,20-22H2,1-2H3,(H,41,42)/t25-,27?,29?,31+,32-/m1/s1. The molecule has 238 valence electrons. The summed E-state index contributed by atoms with van der Waals surface area (Å²) in [6, 6.07) is 13.7. The van der Waals surface area contributed by atoms with Crippen LogP contribution in [0.2, 0.25) is 0 Å². The number of hydrogen-bond donors (Lipinski definition) is 1. The quantitative estimate of drug-likeness (QED) is 0.446. The van der Waals surface area contributed by atoms with Crippen molar-refractivity contribution in [1.29, 1.82) is 0 Å². The van der Waals surface area contributed by atoms with Gasteiger partial charge in [0.05, 0.1) is 25.0 Å². The van der Waals surface area contributed by atoms with E-state index in [-0.39, 0.29) is 35.4 Å². The molecule has 0 unspecified atom stereocenters. The summed E-state index contributed by atoms with van der Waals surface area (Å²) in [5, 5.41) is 9.43. The van der Waals surface area contributed by atoms with E-state index in [1.165, 1.54) is 11.6 Å². The van der Waals surface area contributed by atoms with Crippen LogP contribution in [0.5, 0.6) is 5.75 Å². The zero-order chi connectivity index (χ0) is 30.8. The van der Waals surface area contributed by atoms with Crippen molar-refractivity contribution in [1.82, 2.24) is 9.80 Å². The molecular weight excluding hydrogens is 561 g/mol. The number of nitrogens with zero attached hydrogens (tertiary/aromatic N) is 3. The molecule has 44 heavy (non-hydrogen) atoms. The van der Waals surface area contributed by atoms with E-state index in [2.05, 4.69) is 21.9 Å². The number of amides is 1. The summed E-state index contributed by atoms with van der Waals surface area (Å²) >= 11 is 0. The Bertz CT molecular complexity index is 1310. The number of carbonyl (C=O) groups is 2. The van der Waals surface area contributed by atoms with Crippen LogP contribution < -0.4 is 9.64 Å². The molecule has 1 N–H and O–H groups in total. The molecule has 4 fully saturated rings. The molecule has 3 atom stereocenters. The van der Waals surface area contributed by atoms with Crippen molar-refractivity contribution >= 4 is 17.6 Å². The highest BCUT2D eigenvalue weighted by Crippen LogP contribution is 2.41. The predicted octanol–water partition coefficient (Wildman–Crippen LogP) is 5.12. The number of piperidine rings is 1. The fourth-order valence-corrected chi connectivity index (χ4v) is 8.17. The van der Waals surface area contributed by atoms with Crippen LogP contribution in [0.15, 0.2) is 42.5 Å². The van der Waals surface area contributed by atoms with Gasteiger partial charge in [-0.15, -0.1) is 0 Å². The molecule has 2 aromatic carbocycles. The molecule has 4 aliphatic rings. The highest BCUT2D eigenvalue weighted by molar-refractivity contribution is 5.81. The summed E-state index contributed by atoms with van der Waals surface area (Å²) in [6.45, 7) is 4.13. The third-order valence-corrected chi connectivity index (χ3v) is 10.8. The normalized spacial score (nSPS) is 28.4. The van der Waals surface area contributed by atoms with Gasteiger partial charge < -0.3 is 24.4 Å². The number of hydrogen-bond acceptors (Lipinski definition) is 6. The van der Waals surface area contributed by atoms with Crippen LogP contribution in [0.3, 0.4) is 0 Å². The number of carboxylic acids is 1. The van der Waals surface area contributed by atoms with E-state index < -0.39 is 5.97 Å². The zero-order valence-electron chi connectivity index (χ0n) is 26.0. The summed E-state index contributed by atoms with van der Waals surface area (Å²) in [7, 11) is 3.47. The Labute approximate surface area is 260 Å². The fourth-order valence-electron chi connectivity index (χ4n) is 8.17. The number of aliphatic carboxylic acids is 1. The monoisotopic (exact) mass is 607 g/mol. The first-order chi connectivity index (χ1) is 21.3. The summed E-state index contributed by atoms with van der Waals surface area (Å²) in [6.07, 6.45) is 6.59. The lowest BCUT2D eigenvalue weighted by Gasteiger charge is -2.34. The van der Waals surface area contributed by atoms with Gasteiger partial charge >= 0.3 is 5.97 Å². The number of benzene rings is 2. The first-order valence-corrected chi connectivity index (χ1v) is 16.3. The molecule has 9 heteroatoms.